The van der Waals surface area contributed by atoms with Gasteiger partial charge in [-0.25, -0.2) is 0 Å². The highest BCUT2D eigenvalue weighted by molar-refractivity contribution is 7.12. The summed E-state index contributed by atoms with van der Waals surface area (Å²) in [5.41, 5.74) is 0. The van der Waals surface area contributed by atoms with E-state index in [0.717, 1.165) is 0 Å². The molecule has 0 radical (unpaired) electrons. The fourth-order valence-electron chi connectivity index (χ4n) is 1.30. The van der Waals surface area contributed by atoms with Crippen LogP contribution < -0.4 is 10.6 Å². The first-order valence-corrected chi connectivity index (χ1v) is 6.63. The maximum absolute atomic E-state index is 11.6. The first-order chi connectivity index (χ1) is 8.91. The van der Waals surface area contributed by atoms with Gasteiger partial charge in [-0.2, -0.15) is 0 Å². The van der Waals surface area contributed by atoms with E-state index in [1.807, 2.05) is 0 Å². The van der Waals surface area contributed by atoms with Gasteiger partial charge in [0.05, 0.1) is 17.3 Å². The van der Waals surface area contributed by atoms with E-state index in [0.29, 0.717) is 4.88 Å². The molecule has 7 heteroatoms. The second kappa shape index (κ2) is 6.89. The monoisotopic (exact) mass is 284 g/mol. The Morgan fingerprint density at radius 2 is 2.05 bits per heavy atom. The molecule has 1 aromatic heterocycles. The van der Waals surface area contributed by atoms with Gasteiger partial charge in [-0.05, 0) is 25.3 Å². The summed E-state index contributed by atoms with van der Waals surface area (Å²) >= 11 is 1.28. The predicted octanol–water partition coefficient (Wildman–Crippen LogP) is 0.703. The fourth-order valence-corrected chi connectivity index (χ4v) is 1.94. The van der Waals surface area contributed by atoms with Crippen molar-refractivity contribution in [3.63, 3.8) is 0 Å². The lowest BCUT2D eigenvalue weighted by molar-refractivity contribution is -0.142. The van der Waals surface area contributed by atoms with E-state index in [1.54, 1.807) is 24.4 Å². The number of carbonyl (C=O) groups is 3. The molecule has 1 heterocycles. The zero-order valence-corrected chi connectivity index (χ0v) is 11.5. The highest BCUT2D eigenvalue weighted by Gasteiger charge is 2.21. The van der Waals surface area contributed by atoms with Crippen molar-refractivity contribution >= 4 is 29.1 Å². The molecule has 0 saturated carbocycles. The average molecular weight is 284 g/mol. The van der Waals surface area contributed by atoms with Crippen LogP contribution in [0.2, 0.25) is 0 Å². The molecule has 0 aliphatic carbocycles. The van der Waals surface area contributed by atoms with Crippen molar-refractivity contribution in [2.45, 2.75) is 19.9 Å². The lowest BCUT2D eigenvalue weighted by Crippen LogP contribution is -2.44. The van der Waals surface area contributed by atoms with Crippen molar-refractivity contribution < 1.29 is 19.5 Å². The normalized spacial score (nSPS) is 13.4. The van der Waals surface area contributed by atoms with Crippen LogP contribution in [0, 0.1) is 5.92 Å². The van der Waals surface area contributed by atoms with E-state index < -0.39 is 23.8 Å². The van der Waals surface area contributed by atoms with Gasteiger partial charge in [-0.15, -0.1) is 11.3 Å². The largest absolute Gasteiger partial charge is 0.481 e. The molecule has 0 aliphatic heterocycles. The van der Waals surface area contributed by atoms with Crippen LogP contribution in [0.3, 0.4) is 0 Å². The van der Waals surface area contributed by atoms with Crippen molar-refractivity contribution in [1.29, 1.82) is 0 Å². The van der Waals surface area contributed by atoms with Crippen LogP contribution in [0.25, 0.3) is 0 Å². The number of amides is 2. The quantitative estimate of drug-likeness (QED) is 0.716. The molecule has 0 saturated heterocycles. The molecule has 0 spiro atoms. The minimum atomic E-state index is -0.976. The predicted molar refractivity (Wildman–Crippen MR) is 71.1 cm³/mol. The van der Waals surface area contributed by atoms with Crippen LogP contribution in [0.15, 0.2) is 17.5 Å². The highest BCUT2D eigenvalue weighted by atomic mass is 32.1. The molecule has 1 rings (SSSR count). The molecule has 3 N–H and O–H groups in total. The number of carboxylic acids is 1. The Bertz CT molecular complexity index is 458. The Balaban J connectivity index is 2.36. The summed E-state index contributed by atoms with van der Waals surface area (Å²) in [5.74, 6) is -2.39. The topological polar surface area (TPSA) is 95.5 Å². The Morgan fingerprint density at radius 3 is 2.58 bits per heavy atom. The first-order valence-electron chi connectivity index (χ1n) is 5.75. The zero-order valence-electron chi connectivity index (χ0n) is 10.7. The number of rotatable bonds is 6. The van der Waals surface area contributed by atoms with E-state index in [1.165, 1.54) is 18.3 Å². The van der Waals surface area contributed by atoms with E-state index in [4.69, 9.17) is 5.11 Å². The lowest BCUT2D eigenvalue weighted by atomic mass is 10.0. The van der Waals surface area contributed by atoms with E-state index in [9.17, 15) is 14.4 Å². The third kappa shape index (κ3) is 4.70. The molecule has 6 nitrogen and oxygen atoms in total. The molecule has 2 amide bonds. The number of carbonyl (C=O) groups excluding carboxylic acids is 2. The molecular formula is C12H16N2O4S. The summed E-state index contributed by atoms with van der Waals surface area (Å²) in [4.78, 5) is 34.4. The molecule has 0 aliphatic rings. The van der Waals surface area contributed by atoms with Crippen LogP contribution >= 0.6 is 11.3 Å². The van der Waals surface area contributed by atoms with Crippen molar-refractivity contribution in [3.05, 3.63) is 22.4 Å². The highest BCUT2D eigenvalue weighted by Crippen LogP contribution is 2.07. The van der Waals surface area contributed by atoms with Crippen LogP contribution in [0.4, 0.5) is 0 Å². The maximum atomic E-state index is 11.6. The van der Waals surface area contributed by atoms with Crippen molar-refractivity contribution in [2.24, 2.45) is 5.92 Å². The number of nitrogens with one attached hydrogen (secondary N) is 2. The van der Waals surface area contributed by atoms with Crippen LogP contribution in [0.1, 0.15) is 23.5 Å². The standard InChI is InChI=1S/C12H16N2O4S/c1-7(12(17)18)8(2)14-10(15)6-13-11(16)9-4-3-5-19-9/h3-5,7-8H,6H2,1-2H3,(H,13,16)(H,14,15)(H,17,18). The number of thiophene rings is 1. The van der Waals surface area contributed by atoms with Crippen LogP contribution in [-0.2, 0) is 9.59 Å². The van der Waals surface area contributed by atoms with Gasteiger partial charge >= 0.3 is 5.97 Å². The molecule has 19 heavy (non-hydrogen) atoms. The van der Waals surface area contributed by atoms with Gasteiger partial charge in [0.1, 0.15) is 0 Å². The summed E-state index contributed by atoms with van der Waals surface area (Å²) in [5, 5.41) is 15.6. The molecule has 0 aromatic carbocycles. The van der Waals surface area contributed by atoms with E-state index in [2.05, 4.69) is 10.6 Å². The number of hydrogen-bond acceptors (Lipinski definition) is 4. The smallest absolute Gasteiger partial charge is 0.308 e. The Labute approximate surface area is 114 Å². The fraction of sp³-hybridized carbons (Fsp3) is 0.417. The van der Waals surface area contributed by atoms with Gasteiger partial charge in [0, 0.05) is 6.04 Å². The molecule has 2 unspecified atom stereocenters. The number of carboxylic acid groups (broad SMARTS) is 1. The Hall–Kier alpha value is -1.89. The number of hydrogen-bond donors (Lipinski definition) is 3. The van der Waals surface area contributed by atoms with E-state index >= 15 is 0 Å². The second-order valence-electron chi connectivity index (χ2n) is 4.14. The van der Waals surface area contributed by atoms with E-state index in [-0.39, 0.29) is 12.5 Å². The Morgan fingerprint density at radius 1 is 1.37 bits per heavy atom. The molecular weight excluding hydrogens is 268 g/mol. The SMILES string of the molecule is CC(NC(=O)CNC(=O)c1cccs1)C(C)C(=O)O. The van der Waals surface area contributed by atoms with Crippen molar-refractivity contribution in [1.82, 2.24) is 10.6 Å². The summed E-state index contributed by atoms with van der Waals surface area (Å²) in [6.45, 7) is 2.95. The van der Waals surface area contributed by atoms with Crippen molar-refractivity contribution in [3.8, 4) is 0 Å². The molecule has 0 fully saturated rings. The summed E-state index contributed by atoms with van der Waals surface area (Å²) < 4.78 is 0. The van der Waals surface area contributed by atoms with Gasteiger partial charge in [0.25, 0.3) is 5.91 Å². The van der Waals surface area contributed by atoms with Crippen LogP contribution in [0.5, 0.6) is 0 Å². The molecule has 2 atom stereocenters. The summed E-state index contributed by atoms with van der Waals surface area (Å²) in [6, 6.07) is 2.91. The van der Waals surface area contributed by atoms with Gasteiger partial charge in [0.15, 0.2) is 0 Å². The maximum Gasteiger partial charge on any atom is 0.308 e. The van der Waals surface area contributed by atoms with Gasteiger partial charge in [0.2, 0.25) is 5.91 Å². The van der Waals surface area contributed by atoms with Gasteiger partial charge < -0.3 is 15.7 Å². The first kappa shape index (κ1) is 15.2. The molecule has 0 bridgehead atoms. The summed E-state index contributed by atoms with van der Waals surface area (Å²) in [6.07, 6.45) is 0. The zero-order chi connectivity index (χ0) is 14.4. The second-order valence-corrected chi connectivity index (χ2v) is 5.09. The molecule has 104 valence electrons. The van der Waals surface area contributed by atoms with Gasteiger partial charge in [-0.1, -0.05) is 6.07 Å². The van der Waals surface area contributed by atoms with Crippen molar-refractivity contribution in [2.75, 3.05) is 6.54 Å². The number of aliphatic carboxylic acids is 1. The van der Waals surface area contributed by atoms with Crippen LogP contribution in [-0.4, -0.2) is 35.5 Å². The Kier molecular flexibility index (Phi) is 5.50. The lowest BCUT2D eigenvalue weighted by Gasteiger charge is -2.17. The average Bonchev–Trinajstić information content (AvgIpc) is 2.88. The van der Waals surface area contributed by atoms with Gasteiger partial charge in [-0.3, -0.25) is 14.4 Å². The minimum absolute atomic E-state index is 0.173. The molecule has 1 aromatic rings. The third-order valence-corrected chi connectivity index (χ3v) is 3.55. The third-order valence-electron chi connectivity index (χ3n) is 2.68. The minimum Gasteiger partial charge on any atom is -0.481 e. The summed E-state index contributed by atoms with van der Waals surface area (Å²) in [7, 11) is 0.